The molecule has 1 aromatic carbocycles. The molecule has 2 N–H and O–H groups in total. The van der Waals surface area contributed by atoms with Crippen molar-refractivity contribution in [2.24, 2.45) is 5.92 Å². The van der Waals surface area contributed by atoms with Crippen LogP contribution in [0.5, 0.6) is 0 Å². The first-order valence-electron chi connectivity index (χ1n) is 7.01. The van der Waals surface area contributed by atoms with E-state index in [1.807, 2.05) is 31.2 Å². The number of carbonyl (C=O) groups excluding carboxylic acids is 1. The SMILES string of the molecule is CC(NC(=O)N1CCC(C(=O)O)CC1)c1cccc(Br)c1. The summed E-state index contributed by atoms with van der Waals surface area (Å²) < 4.78 is 0.975. The summed E-state index contributed by atoms with van der Waals surface area (Å²) in [4.78, 5) is 24.8. The van der Waals surface area contributed by atoms with Gasteiger partial charge in [0, 0.05) is 17.6 Å². The molecule has 1 aliphatic heterocycles. The Morgan fingerprint density at radius 1 is 1.38 bits per heavy atom. The molecule has 0 bridgehead atoms. The fourth-order valence-corrected chi connectivity index (χ4v) is 2.88. The van der Waals surface area contributed by atoms with Crippen LogP contribution in [0.25, 0.3) is 0 Å². The van der Waals surface area contributed by atoms with Crippen molar-refractivity contribution in [3.63, 3.8) is 0 Å². The van der Waals surface area contributed by atoms with Crippen LogP contribution in [-0.2, 0) is 4.79 Å². The van der Waals surface area contributed by atoms with Crippen LogP contribution in [0.4, 0.5) is 4.79 Å². The summed E-state index contributed by atoms with van der Waals surface area (Å²) >= 11 is 3.41. The number of nitrogens with zero attached hydrogens (tertiary/aromatic N) is 1. The third-order valence-corrected chi connectivity index (χ3v) is 4.31. The molecule has 0 aromatic heterocycles. The van der Waals surface area contributed by atoms with Gasteiger partial charge in [-0.2, -0.15) is 0 Å². The van der Waals surface area contributed by atoms with Crippen LogP contribution in [-0.4, -0.2) is 35.1 Å². The van der Waals surface area contributed by atoms with Crippen LogP contribution in [0.1, 0.15) is 31.4 Å². The Hall–Kier alpha value is -1.56. The average molecular weight is 355 g/mol. The summed E-state index contributed by atoms with van der Waals surface area (Å²) in [5.74, 6) is -1.09. The highest BCUT2D eigenvalue weighted by Gasteiger charge is 2.27. The van der Waals surface area contributed by atoms with E-state index in [4.69, 9.17) is 5.11 Å². The van der Waals surface area contributed by atoms with Crippen molar-refractivity contribution in [1.82, 2.24) is 10.2 Å². The summed E-state index contributed by atoms with van der Waals surface area (Å²) in [7, 11) is 0. The van der Waals surface area contributed by atoms with E-state index in [0.29, 0.717) is 25.9 Å². The molecule has 0 radical (unpaired) electrons. The molecule has 1 saturated heterocycles. The van der Waals surface area contributed by atoms with Crippen LogP contribution in [0, 0.1) is 5.92 Å². The molecule has 1 aromatic rings. The number of amides is 2. The number of likely N-dealkylation sites (tertiary alicyclic amines) is 1. The molecule has 5 nitrogen and oxygen atoms in total. The predicted molar refractivity (Wildman–Crippen MR) is 83.0 cm³/mol. The second-order valence-electron chi connectivity index (χ2n) is 5.33. The first-order chi connectivity index (χ1) is 9.97. The number of rotatable bonds is 3. The Morgan fingerprint density at radius 2 is 2.05 bits per heavy atom. The first-order valence-corrected chi connectivity index (χ1v) is 7.80. The van der Waals surface area contributed by atoms with Gasteiger partial charge in [-0.1, -0.05) is 28.1 Å². The van der Waals surface area contributed by atoms with E-state index in [1.165, 1.54) is 0 Å². The summed E-state index contributed by atoms with van der Waals surface area (Å²) in [5, 5.41) is 11.9. The fourth-order valence-electron chi connectivity index (χ4n) is 2.47. The van der Waals surface area contributed by atoms with E-state index >= 15 is 0 Å². The van der Waals surface area contributed by atoms with E-state index in [9.17, 15) is 9.59 Å². The number of piperidine rings is 1. The summed E-state index contributed by atoms with van der Waals surface area (Å²) in [6, 6.07) is 7.59. The molecule has 6 heteroatoms. The molecule has 0 spiro atoms. The topological polar surface area (TPSA) is 69.6 Å². The molecule has 21 heavy (non-hydrogen) atoms. The summed E-state index contributed by atoms with van der Waals surface area (Å²) in [6.45, 7) is 2.92. The van der Waals surface area contributed by atoms with E-state index in [2.05, 4.69) is 21.2 Å². The Labute approximate surface area is 132 Å². The van der Waals surface area contributed by atoms with E-state index in [1.54, 1.807) is 4.90 Å². The van der Waals surface area contributed by atoms with Crippen molar-refractivity contribution in [2.45, 2.75) is 25.8 Å². The Balaban J connectivity index is 1.89. The molecule has 1 unspecified atom stereocenters. The number of halogens is 1. The molecule has 2 rings (SSSR count). The van der Waals surface area contributed by atoms with Gasteiger partial charge in [-0.05, 0) is 37.5 Å². The van der Waals surface area contributed by atoms with Gasteiger partial charge < -0.3 is 15.3 Å². The maximum Gasteiger partial charge on any atom is 0.317 e. The molecule has 1 aliphatic rings. The predicted octanol–water partition coefficient (Wildman–Crippen LogP) is 3.02. The summed E-state index contributed by atoms with van der Waals surface area (Å²) in [6.07, 6.45) is 1.04. The van der Waals surface area contributed by atoms with Crippen LogP contribution >= 0.6 is 15.9 Å². The molecule has 114 valence electrons. The van der Waals surface area contributed by atoms with Crippen molar-refractivity contribution in [3.8, 4) is 0 Å². The average Bonchev–Trinajstić information content (AvgIpc) is 2.47. The summed E-state index contributed by atoms with van der Waals surface area (Å²) in [5.41, 5.74) is 1.03. The number of carbonyl (C=O) groups is 2. The van der Waals surface area contributed by atoms with Crippen molar-refractivity contribution in [2.75, 3.05) is 13.1 Å². The first kappa shape index (κ1) is 15.8. The number of hydrogen-bond donors (Lipinski definition) is 2. The van der Waals surface area contributed by atoms with Gasteiger partial charge in [0.1, 0.15) is 0 Å². The minimum absolute atomic E-state index is 0.0906. The largest absolute Gasteiger partial charge is 0.481 e. The van der Waals surface area contributed by atoms with Gasteiger partial charge in [0.2, 0.25) is 0 Å². The quantitative estimate of drug-likeness (QED) is 0.876. The van der Waals surface area contributed by atoms with E-state index in [-0.39, 0.29) is 18.0 Å². The van der Waals surface area contributed by atoms with Crippen molar-refractivity contribution < 1.29 is 14.7 Å². The molecule has 0 saturated carbocycles. The van der Waals surface area contributed by atoms with Crippen molar-refractivity contribution in [1.29, 1.82) is 0 Å². The van der Waals surface area contributed by atoms with Gasteiger partial charge in [0.05, 0.1) is 12.0 Å². The van der Waals surface area contributed by atoms with Gasteiger partial charge >= 0.3 is 12.0 Å². The maximum atomic E-state index is 12.2. The Kier molecular flexibility index (Phi) is 5.22. The molecular formula is C15H19BrN2O3. The van der Waals surface area contributed by atoms with Crippen LogP contribution in [0.15, 0.2) is 28.7 Å². The van der Waals surface area contributed by atoms with E-state index < -0.39 is 5.97 Å². The van der Waals surface area contributed by atoms with Gasteiger partial charge in [0.25, 0.3) is 0 Å². The lowest BCUT2D eigenvalue weighted by atomic mass is 9.97. The number of nitrogens with one attached hydrogen (secondary N) is 1. The molecule has 1 heterocycles. The number of hydrogen-bond acceptors (Lipinski definition) is 2. The van der Waals surface area contributed by atoms with Crippen LogP contribution in [0.3, 0.4) is 0 Å². The Bertz CT molecular complexity index is 527. The number of carboxylic acids is 1. The number of benzene rings is 1. The van der Waals surface area contributed by atoms with Crippen LogP contribution < -0.4 is 5.32 Å². The van der Waals surface area contributed by atoms with Crippen molar-refractivity contribution >= 4 is 27.9 Å². The second kappa shape index (κ2) is 6.93. The highest BCUT2D eigenvalue weighted by molar-refractivity contribution is 9.10. The monoisotopic (exact) mass is 354 g/mol. The molecular weight excluding hydrogens is 336 g/mol. The minimum Gasteiger partial charge on any atom is -0.481 e. The molecule has 1 atom stereocenters. The van der Waals surface area contributed by atoms with Gasteiger partial charge in [0.15, 0.2) is 0 Å². The molecule has 0 aliphatic carbocycles. The number of carboxylic acid groups (broad SMARTS) is 1. The van der Waals surface area contributed by atoms with Gasteiger partial charge in [-0.15, -0.1) is 0 Å². The lowest BCUT2D eigenvalue weighted by Crippen LogP contribution is -2.46. The smallest absolute Gasteiger partial charge is 0.317 e. The zero-order chi connectivity index (χ0) is 15.4. The zero-order valence-electron chi connectivity index (χ0n) is 11.9. The third kappa shape index (κ3) is 4.20. The lowest BCUT2D eigenvalue weighted by molar-refractivity contribution is -0.143. The molecule has 1 fully saturated rings. The second-order valence-corrected chi connectivity index (χ2v) is 6.24. The zero-order valence-corrected chi connectivity index (χ0v) is 13.5. The molecule has 2 amide bonds. The highest BCUT2D eigenvalue weighted by Crippen LogP contribution is 2.20. The highest BCUT2D eigenvalue weighted by atomic mass is 79.9. The minimum atomic E-state index is -0.766. The normalized spacial score (nSPS) is 17.3. The van der Waals surface area contributed by atoms with E-state index in [0.717, 1.165) is 10.0 Å². The Morgan fingerprint density at radius 3 is 2.62 bits per heavy atom. The van der Waals surface area contributed by atoms with Crippen LogP contribution in [0.2, 0.25) is 0 Å². The number of aliphatic carboxylic acids is 1. The lowest BCUT2D eigenvalue weighted by Gasteiger charge is -2.31. The third-order valence-electron chi connectivity index (χ3n) is 3.82. The van der Waals surface area contributed by atoms with Gasteiger partial charge in [-0.25, -0.2) is 4.79 Å². The fraction of sp³-hybridized carbons (Fsp3) is 0.467. The van der Waals surface area contributed by atoms with Crippen molar-refractivity contribution in [3.05, 3.63) is 34.3 Å². The standard InChI is InChI=1S/C15H19BrN2O3/c1-10(12-3-2-4-13(16)9-12)17-15(21)18-7-5-11(6-8-18)14(19)20/h2-4,9-11H,5-8H2,1H3,(H,17,21)(H,19,20). The number of urea groups is 1. The van der Waals surface area contributed by atoms with Gasteiger partial charge in [-0.3, -0.25) is 4.79 Å². The maximum absolute atomic E-state index is 12.2.